The second-order valence-electron chi connectivity index (χ2n) is 7.08. The third-order valence-electron chi connectivity index (χ3n) is 5.29. The number of likely N-dealkylation sites (tertiary alicyclic amines) is 1. The summed E-state index contributed by atoms with van der Waals surface area (Å²) in [4.78, 5) is 18.7. The molecule has 5 heteroatoms. The molecule has 2 aliphatic rings. The molecular formula is C20H22N2O3. The highest BCUT2D eigenvalue weighted by molar-refractivity contribution is 5.97. The van der Waals surface area contributed by atoms with Crippen LogP contribution in [0.1, 0.15) is 23.2 Å². The summed E-state index contributed by atoms with van der Waals surface area (Å²) in [7, 11) is 0. The predicted molar refractivity (Wildman–Crippen MR) is 93.7 cm³/mol. The van der Waals surface area contributed by atoms with Crippen molar-refractivity contribution in [3.05, 3.63) is 54.4 Å². The van der Waals surface area contributed by atoms with Gasteiger partial charge in [0.15, 0.2) is 5.78 Å². The number of pyridine rings is 1. The summed E-state index contributed by atoms with van der Waals surface area (Å²) >= 11 is 0. The molecule has 0 unspecified atom stereocenters. The van der Waals surface area contributed by atoms with E-state index in [9.17, 15) is 9.90 Å². The van der Waals surface area contributed by atoms with E-state index >= 15 is 0 Å². The van der Waals surface area contributed by atoms with Gasteiger partial charge in [-0.15, -0.1) is 0 Å². The van der Waals surface area contributed by atoms with Gasteiger partial charge in [0.1, 0.15) is 11.5 Å². The second-order valence-corrected chi connectivity index (χ2v) is 7.08. The van der Waals surface area contributed by atoms with Crippen molar-refractivity contribution in [2.75, 3.05) is 19.6 Å². The number of Topliss-reactive ketones (excluding diaryl/α,β-unsaturated/α-hetero) is 1. The molecule has 0 spiro atoms. The van der Waals surface area contributed by atoms with Crippen LogP contribution in [0, 0.1) is 11.8 Å². The summed E-state index contributed by atoms with van der Waals surface area (Å²) in [6.45, 7) is 2.38. The number of nitrogens with zero attached hydrogens (tertiary/aromatic N) is 2. The first-order chi connectivity index (χ1) is 12.2. The number of ether oxygens (including phenoxy) is 1. The fourth-order valence-electron chi connectivity index (χ4n) is 4.12. The number of hydrogen-bond donors (Lipinski definition) is 1. The number of phenols is 1. The van der Waals surface area contributed by atoms with Gasteiger partial charge >= 0.3 is 0 Å². The summed E-state index contributed by atoms with van der Waals surface area (Å²) in [5.41, 5.74) is 0.661. The van der Waals surface area contributed by atoms with Gasteiger partial charge in [0.2, 0.25) is 0 Å². The Balaban J connectivity index is 1.29. The van der Waals surface area contributed by atoms with Gasteiger partial charge < -0.3 is 9.84 Å². The van der Waals surface area contributed by atoms with Crippen LogP contribution in [0.25, 0.3) is 0 Å². The van der Waals surface area contributed by atoms with Gasteiger partial charge in [-0.05, 0) is 61.1 Å². The normalized spacial score (nSPS) is 25.7. The minimum atomic E-state index is 0.115. The molecule has 0 radical (unpaired) electrons. The van der Waals surface area contributed by atoms with E-state index in [1.54, 1.807) is 36.7 Å². The largest absolute Gasteiger partial charge is 0.508 e. The smallest absolute Gasteiger partial charge is 0.176 e. The van der Waals surface area contributed by atoms with Crippen LogP contribution >= 0.6 is 0 Å². The molecule has 1 aliphatic heterocycles. The van der Waals surface area contributed by atoms with E-state index in [4.69, 9.17) is 4.74 Å². The molecule has 1 saturated carbocycles. The van der Waals surface area contributed by atoms with Crippen molar-refractivity contribution in [1.82, 2.24) is 9.88 Å². The van der Waals surface area contributed by atoms with Gasteiger partial charge in [-0.1, -0.05) is 0 Å². The van der Waals surface area contributed by atoms with Gasteiger partial charge in [-0.3, -0.25) is 14.7 Å². The fourth-order valence-corrected chi connectivity index (χ4v) is 4.12. The number of benzene rings is 1. The van der Waals surface area contributed by atoms with Crippen molar-refractivity contribution in [2.24, 2.45) is 11.8 Å². The van der Waals surface area contributed by atoms with Crippen LogP contribution in [-0.2, 0) is 0 Å². The molecule has 25 heavy (non-hydrogen) atoms. The van der Waals surface area contributed by atoms with Crippen LogP contribution in [-0.4, -0.2) is 46.5 Å². The Morgan fingerprint density at radius 3 is 2.36 bits per heavy atom. The van der Waals surface area contributed by atoms with Crippen LogP contribution in [0.3, 0.4) is 0 Å². The molecule has 1 aromatic carbocycles. The van der Waals surface area contributed by atoms with Crippen molar-refractivity contribution >= 4 is 5.78 Å². The average Bonchev–Trinajstić information content (AvgIpc) is 3.14. The van der Waals surface area contributed by atoms with E-state index in [1.807, 2.05) is 12.1 Å². The first-order valence-corrected chi connectivity index (χ1v) is 8.78. The third-order valence-corrected chi connectivity index (χ3v) is 5.29. The molecule has 5 nitrogen and oxygen atoms in total. The number of hydrogen-bond acceptors (Lipinski definition) is 5. The predicted octanol–water partition coefficient (Wildman–Crippen LogP) is 2.76. The molecule has 2 heterocycles. The van der Waals surface area contributed by atoms with E-state index in [0.717, 1.165) is 31.7 Å². The van der Waals surface area contributed by atoms with Crippen LogP contribution in [0.15, 0.2) is 48.8 Å². The molecule has 0 amide bonds. The van der Waals surface area contributed by atoms with Crippen LogP contribution in [0.5, 0.6) is 11.5 Å². The molecule has 1 saturated heterocycles. The number of fused-ring (bicyclic) bond motifs is 1. The Bertz CT molecular complexity index is 718. The maximum Gasteiger partial charge on any atom is 0.176 e. The Morgan fingerprint density at radius 1 is 1.08 bits per heavy atom. The second kappa shape index (κ2) is 6.84. The highest BCUT2D eigenvalue weighted by Crippen LogP contribution is 2.39. The zero-order chi connectivity index (χ0) is 17.2. The molecule has 2 aromatic rings. The highest BCUT2D eigenvalue weighted by atomic mass is 16.5. The molecule has 2 fully saturated rings. The van der Waals surface area contributed by atoms with Crippen LogP contribution in [0.2, 0.25) is 0 Å². The summed E-state index contributed by atoms with van der Waals surface area (Å²) in [5, 5.41) is 9.33. The summed E-state index contributed by atoms with van der Waals surface area (Å²) in [5.74, 6) is 2.41. The van der Waals surface area contributed by atoms with Gasteiger partial charge in [-0.25, -0.2) is 0 Å². The van der Waals surface area contributed by atoms with Crippen molar-refractivity contribution < 1.29 is 14.6 Å². The first-order valence-electron chi connectivity index (χ1n) is 8.78. The number of carbonyl (C=O) groups is 1. The molecule has 1 aromatic heterocycles. The van der Waals surface area contributed by atoms with E-state index in [0.29, 0.717) is 23.9 Å². The van der Waals surface area contributed by atoms with Gasteiger partial charge in [0, 0.05) is 31.0 Å². The minimum absolute atomic E-state index is 0.115. The fraction of sp³-hybridized carbons (Fsp3) is 0.400. The third kappa shape index (κ3) is 3.66. The number of aromatic nitrogens is 1. The van der Waals surface area contributed by atoms with E-state index in [2.05, 4.69) is 9.88 Å². The topological polar surface area (TPSA) is 62.7 Å². The average molecular weight is 338 g/mol. The molecule has 4 rings (SSSR count). The Kier molecular flexibility index (Phi) is 4.40. The molecule has 0 bridgehead atoms. The van der Waals surface area contributed by atoms with Crippen LogP contribution in [0.4, 0.5) is 0 Å². The van der Waals surface area contributed by atoms with Crippen molar-refractivity contribution in [2.45, 2.75) is 18.9 Å². The van der Waals surface area contributed by atoms with Crippen LogP contribution < -0.4 is 4.74 Å². The summed E-state index contributed by atoms with van der Waals surface area (Å²) in [6.07, 6.45) is 5.88. The van der Waals surface area contributed by atoms with E-state index < -0.39 is 0 Å². The maximum absolute atomic E-state index is 12.4. The molecule has 1 N–H and O–H groups in total. The summed E-state index contributed by atoms with van der Waals surface area (Å²) < 4.78 is 6.06. The van der Waals surface area contributed by atoms with Gasteiger partial charge in [0.25, 0.3) is 0 Å². The van der Waals surface area contributed by atoms with E-state index in [-0.39, 0.29) is 17.6 Å². The Hall–Kier alpha value is -2.40. The number of ketones is 1. The zero-order valence-electron chi connectivity index (χ0n) is 14.0. The Labute approximate surface area is 147 Å². The minimum Gasteiger partial charge on any atom is -0.508 e. The lowest BCUT2D eigenvalue weighted by molar-refractivity contribution is 0.0936. The molecule has 130 valence electrons. The monoisotopic (exact) mass is 338 g/mol. The maximum atomic E-state index is 12.4. The lowest BCUT2D eigenvalue weighted by Gasteiger charge is -2.19. The number of aromatic hydroxyl groups is 1. The lowest BCUT2D eigenvalue weighted by atomic mass is 10.0. The standard InChI is InChI=1S/C20H22N2O3/c23-17-3-1-14(2-4-17)20(24)13-22-11-15-9-19(10-16(15)12-22)25-18-5-7-21-8-6-18/h1-8,15-16,19,23H,9-13H2/t15-,16+,19+. The van der Waals surface area contributed by atoms with E-state index in [1.165, 1.54) is 0 Å². The molecule has 3 atom stereocenters. The summed E-state index contributed by atoms with van der Waals surface area (Å²) in [6, 6.07) is 10.3. The molecular weight excluding hydrogens is 316 g/mol. The number of phenolic OH excluding ortho intramolecular Hbond substituents is 1. The quantitative estimate of drug-likeness (QED) is 0.850. The van der Waals surface area contributed by atoms with Crippen molar-refractivity contribution in [1.29, 1.82) is 0 Å². The molecule has 1 aliphatic carbocycles. The van der Waals surface area contributed by atoms with Gasteiger partial charge in [0.05, 0.1) is 12.6 Å². The SMILES string of the molecule is O=C(CN1C[C@H]2C[C@H](Oc3ccncc3)C[C@H]2C1)c1ccc(O)cc1. The zero-order valence-corrected chi connectivity index (χ0v) is 14.0. The Morgan fingerprint density at radius 2 is 1.72 bits per heavy atom. The lowest BCUT2D eigenvalue weighted by Crippen LogP contribution is -2.30. The highest BCUT2D eigenvalue weighted by Gasteiger charge is 2.42. The number of rotatable bonds is 5. The van der Waals surface area contributed by atoms with Crippen molar-refractivity contribution in [3.63, 3.8) is 0 Å². The van der Waals surface area contributed by atoms with Crippen molar-refractivity contribution in [3.8, 4) is 11.5 Å². The first kappa shape index (κ1) is 16.1. The van der Waals surface area contributed by atoms with Gasteiger partial charge in [-0.2, -0.15) is 0 Å². The number of carbonyl (C=O) groups excluding carboxylic acids is 1.